The first kappa shape index (κ1) is 25.7. The molecule has 5 rings (SSSR count). The highest BCUT2D eigenvalue weighted by molar-refractivity contribution is 6.30. The van der Waals surface area contributed by atoms with Crippen LogP contribution in [0.1, 0.15) is 44.7 Å². The van der Waals surface area contributed by atoms with E-state index in [1.165, 1.54) is 17.4 Å². The van der Waals surface area contributed by atoms with Crippen LogP contribution in [0.3, 0.4) is 0 Å². The molecule has 1 N–H and O–H groups in total. The fourth-order valence-corrected chi connectivity index (χ4v) is 5.21. The summed E-state index contributed by atoms with van der Waals surface area (Å²) < 4.78 is 10.9. The zero-order valence-electron chi connectivity index (χ0n) is 21.4. The van der Waals surface area contributed by atoms with Gasteiger partial charge in [-0.15, -0.1) is 0 Å². The maximum atomic E-state index is 14.2. The number of nitrogens with one attached hydrogen (secondary N) is 1. The minimum atomic E-state index is -0.498. The zero-order chi connectivity index (χ0) is 26.6. The van der Waals surface area contributed by atoms with Crippen LogP contribution in [0.25, 0.3) is 0 Å². The number of hydrogen-bond acceptors (Lipinski definition) is 5. The Kier molecular flexibility index (Phi) is 7.56. The van der Waals surface area contributed by atoms with E-state index in [0.29, 0.717) is 22.8 Å². The smallest absolute Gasteiger partial charge is 0.418 e. The number of allylic oxidation sites excluding steroid dienone is 2. The highest BCUT2D eigenvalue weighted by Crippen LogP contribution is 2.41. The normalized spacial score (nSPS) is 20.4. The first-order chi connectivity index (χ1) is 18.5. The van der Waals surface area contributed by atoms with Crippen molar-refractivity contribution in [2.24, 2.45) is 0 Å². The molecule has 0 spiro atoms. The third kappa shape index (κ3) is 5.20. The number of anilines is 2. The molecule has 0 saturated carbocycles. The van der Waals surface area contributed by atoms with Crippen LogP contribution < -0.4 is 10.2 Å². The van der Waals surface area contributed by atoms with Crippen LogP contribution >= 0.6 is 11.6 Å². The van der Waals surface area contributed by atoms with Gasteiger partial charge in [0.05, 0.1) is 25.0 Å². The second-order valence-corrected chi connectivity index (χ2v) is 9.79. The highest BCUT2D eigenvalue weighted by atomic mass is 35.5. The molecule has 1 aliphatic carbocycles. The molecular formula is C30H30ClN3O4. The summed E-state index contributed by atoms with van der Waals surface area (Å²) in [6.07, 6.45) is 10.0. The molecule has 2 unspecified atom stereocenters. The van der Waals surface area contributed by atoms with Crippen LogP contribution in [0.2, 0.25) is 5.02 Å². The summed E-state index contributed by atoms with van der Waals surface area (Å²) in [5, 5.41) is 4.30. The number of ether oxygens (including phenoxy) is 2. The molecule has 8 heteroatoms. The number of nitrogens with zero attached hydrogens (tertiary/aromatic N) is 2. The van der Waals surface area contributed by atoms with E-state index >= 15 is 0 Å². The number of carbonyl (C=O) groups excluding carboxylic acids is 2. The van der Waals surface area contributed by atoms with Gasteiger partial charge in [0.25, 0.3) is 5.91 Å². The van der Waals surface area contributed by atoms with E-state index < -0.39 is 6.09 Å². The number of fused-ring (bicyclic) bond motifs is 1. The number of rotatable bonds is 5. The molecule has 2 heterocycles. The third-order valence-electron chi connectivity index (χ3n) is 6.84. The zero-order valence-corrected chi connectivity index (χ0v) is 22.1. The van der Waals surface area contributed by atoms with E-state index in [1.54, 1.807) is 13.1 Å². The van der Waals surface area contributed by atoms with Crippen LogP contribution in [0.4, 0.5) is 16.2 Å². The maximum absolute atomic E-state index is 14.2. The van der Waals surface area contributed by atoms with E-state index in [1.807, 2.05) is 59.5 Å². The largest absolute Gasteiger partial charge is 0.462 e. The summed E-state index contributed by atoms with van der Waals surface area (Å²) in [4.78, 5) is 29.7. The summed E-state index contributed by atoms with van der Waals surface area (Å²) in [5.41, 5.74) is 4.23. The van der Waals surface area contributed by atoms with Gasteiger partial charge in [-0.3, -0.25) is 9.69 Å². The van der Waals surface area contributed by atoms with Gasteiger partial charge in [0.2, 0.25) is 0 Å². The van der Waals surface area contributed by atoms with Crippen molar-refractivity contribution in [1.82, 2.24) is 4.90 Å². The first-order valence-corrected chi connectivity index (χ1v) is 13.2. The van der Waals surface area contributed by atoms with Crippen LogP contribution in [-0.4, -0.2) is 29.5 Å². The van der Waals surface area contributed by atoms with Gasteiger partial charge in [-0.25, -0.2) is 4.79 Å². The minimum absolute atomic E-state index is 0.0365. The van der Waals surface area contributed by atoms with Gasteiger partial charge < -0.3 is 19.7 Å². The Hall–Kier alpha value is -3.97. The molecular weight excluding hydrogens is 502 g/mol. The Bertz CT molecular complexity index is 1350. The molecule has 2 amide bonds. The second kappa shape index (κ2) is 11.2. The number of carbonyl (C=O) groups is 2. The molecule has 2 aromatic rings. The Morgan fingerprint density at radius 2 is 1.95 bits per heavy atom. The molecule has 196 valence electrons. The lowest BCUT2D eigenvalue weighted by molar-refractivity contribution is -0.115. The average molecular weight is 532 g/mol. The van der Waals surface area contributed by atoms with Crippen LogP contribution in [0, 0.1) is 0 Å². The van der Waals surface area contributed by atoms with Gasteiger partial charge in [-0.2, -0.15) is 0 Å². The van der Waals surface area contributed by atoms with Gasteiger partial charge in [0.1, 0.15) is 12.0 Å². The molecule has 0 radical (unpaired) electrons. The quantitative estimate of drug-likeness (QED) is 0.447. The predicted molar refractivity (Wildman–Crippen MR) is 148 cm³/mol. The van der Waals surface area contributed by atoms with Gasteiger partial charge >= 0.3 is 6.09 Å². The standard InChI is InChI=1S/C30H30ClN3O4/c1-3-37-30(36)33-16-17-38-28(19-33)23-8-4-5-9-24(23)29(35)34-20(2)18-26(25-10-6-7-11-27(25)34)32-22-14-12-21(31)13-15-22/h5-7,9-17,19-20,26,32H,3-4,8,18H2,1-2H3. The van der Waals surface area contributed by atoms with Crippen molar-refractivity contribution in [3.63, 3.8) is 0 Å². The number of para-hydroxylation sites is 1. The number of hydrogen-bond donors (Lipinski definition) is 1. The Morgan fingerprint density at radius 1 is 1.16 bits per heavy atom. The van der Waals surface area contributed by atoms with Crippen LogP contribution in [0.15, 0.2) is 96.3 Å². The summed E-state index contributed by atoms with van der Waals surface area (Å²) in [6.45, 7) is 4.09. The van der Waals surface area contributed by atoms with Gasteiger partial charge in [-0.1, -0.05) is 42.0 Å². The monoisotopic (exact) mass is 531 g/mol. The minimum Gasteiger partial charge on any atom is -0.462 e. The Balaban J connectivity index is 1.47. The van der Waals surface area contributed by atoms with E-state index in [-0.39, 0.29) is 24.6 Å². The van der Waals surface area contributed by atoms with E-state index in [2.05, 4.69) is 18.3 Å². The lowest BCUT2D eigenvalue weighted by atomic mass is 9.89. The van der Waals surface area contributed by atoms with Crippen molar-refractivity contribution >= 4 is 35.0 Å². The van der Waals surface area contributed by atoms with E-state index in [0.717, 1.165) is 35.4 Å². The molecule has 3 aliphatic rings. The number of benzene rings is 2. The van der Waals surface area contributed by atoms with Crippen molar-refractivity contribution in [3.8, 4) is 0 Å². The van der Waals surface area contributed by atoms with Crippen LogP contribution in [-0.2, 0) is 14.3 Å². The lowest BCUT2D eigenvalue weighted by Crippen LogP contribution is -2.45. The summed E-state index contributed by atoms with van der Waals surface area (Å²) >= 11 is 6.07. The van der Waals surface area contributed by atoms with E-state index in [9.17, 15) is 9.59 Å². The fourth-order valence-electron chi connectivity index (χ4n) is 5.09. The fraction of sp³-hybridized carbons (Fsp3) is 0.267. The Labute approximate surface area is 227 Å². The van der Waals surface area contributed by atoms with Crippen molar-refractivity contribution < 1.29 is 19.1 Å². The summed E-state index contributed by atoms with van der Waals surface area (Å²) in [7, 11) is 0. The SMILES string of the molecule is CCOC(=O)N1C=COC(C2=C(C(=O)N3c4ccccc4C(Nc4ccc(Cl)cc4)CC3C)C=CCC2)=C1. The molecule has 2 atom stereocenters. The van der Waals surface area contributed by atoms with Crippen LogP contribution in [0.5, 0.6) is 0 Å². The summed E-state index contributed by atoms with van der Waals surface area (Å²) in [6, 6.07) is 15.6. The van der Waals surface area contributed by atoms with Gasteiger partial charge in [0, 0.05) is 33.6 Å². The molecule has 2 aliphatic heterocycles. The maximum Gasteiger partial charge on any atom is 0.418 e. The molecule has 2 aromatic carbocycles. The molecule has 0 aromatic heterocycles. The predicted octanol–water partition coefficient (Wildman–Crippen LogP) is 7.07. The molecule has 0 saturated heterocycles. The van der Waals surface area contributed by atoms with Crippen molar-refractivity contribution in [2.45, 2.75) is 45.2 Å². The molecule has 7 nitrogen and oxygen atoms in total. The van der Waals surface area contributed by atoms with Crippen molar-refractivity contribution in [2.75, 3.05) is 16.8 Å². The third-order valence-corrected chi connectivity index (χ3v) is 7.10. The summed E-state index contributed by atoms with van der Waals surface area (Å²) in [5.74, 6) is 0.371. The second-order valence-electron chi connectivity index (χ2n) is 9.36. The van der Waals surface area contributed by atoms with Gasteiger partial charge in [-0.05, 0) is 69.0 Å². The topological polar surface area (TPSA) is 71.1 Å². The van der Waals surface area contributed by atoms with Gasteiger partial charge in [0.15, 0.2) is 0 Å². The molecule has 0 bridgehead atoms. The van der Waals surface area contributed by atoms with Crippen molar-refractivity contribution in [3.05, 3.63) is 107 Å². The Morgan fingerprint density at radius 3 is 2.74 bits per heavy atom. The molecule has 38 heavy (non-hydrogen) atoms. The molecule has 0 fully saturated rings. The highest BCUT2D eigenvalue weighted by Gasteiger charge is 2.36. The lowest BCUT2D eigenvalue weighted by Gasteiger charge is -2.40. The average Bonchev–Trinajstić information content (AvgIpc) is 2.94. The first-order valence-electron chi connectivity index (χ1n) is 12.8. The van der Waals surface area contributed by atoms with E-state index in [4.69, 9.17) is 21.1 Å². The van der Waals surface area contributed by atoms with Crippen molar-refractivity contribution in [1.29, 1.82) is 0 Å². The number of halogens is 1. The number of amides is 2.